The Labute approximate surface area is 85.3 Å². The standard InChI is InChI=1S/C6H13NO3S.Li.H/c7-11(8,9)10-6-4-2-1-3-5-6;;/h6H,1-5H2,(H2,7,8,9);;. The third-order valence-electron chi connectivity index (χ3n) is 1.82. The van der Waals surface area contributed by atoms with E-state index in [-0.39, 0.29) is 25.0 Å². The Bertz CT molecular complexity index is 211. The van der Waals surface area contributed by atoms with Gasteiger partial charge in [-0.1, -0.05) is 19.3 Å². The molecule has 1 aliphatic rings. The third-order valence-corrected chi connectivity index (χ3v) is 2.36. The van der Waals surface area contributed by atoms with Crippen LogP contribution in [0.3, 0.4) is 0 Å². The average Bonchev–Trinajstić information content (AvgIpc) is 1.85. The topological polar surface area (TPSA) is 69.4 Å². The quantitative estimate of drug-likeness (QED) is 0.613. The summed E-state index contributed by atoms with van der Waals surface area (Å²) >= 11 is 0. The SMILES string of the molecule is NS(=O)(=O)OC1CCCCC1.[LiH]. The molecule has 0 aromatic carbocycles. The van der Waals surface area contributed by atoms with Crippen LogP contribution in [0.25, 0.3) is 0 Å². The second-order valence-corrected chi connectivity index (χ2v) is 4.03. The molecule has 0 radical (unpaired) electrons. The Hall–Kier alpha value is 0.467. The van der Waals surface area contributed by atoms with Crippen LogP contribution in [0, 0.1) is 0 Å². The summed E-state index contributed by atoms with van der Waals surface area (Å²) in [6.45, 7) is 0. The first-order chi connectivity index (χ1) is 5.08. The Morgan fingerprint density at radius 3 is 2.08 bits per heavy atom. The van der Waals surface area contributed by atoms with Crippen molar-refractivity contribution >= 4 is 29.2 Å². The average molecular weight is 187 g/mol. The van der Waals surface area contributed by atoms with Crippen LogP contribution in [0.2, 0.25) is 0 Å². The van der Waals surface area contributed by atoms with E-state index in [4.69, 9.17) is 5.14 Å². The van der Waals surface area contributed by atoms with Gasteiger partial charge in [0, 0.05) is 0 Å². The summed E-state index contributed by atoms with van der Waals surface area (Å²) in [6.07, 6.45) is 4.72. The maximum absolute atomic E-state index is 10.5. The molecule has 0 heterocycles. The molecule has 12 heavy (non-hydrogen) atoms. The molecular formula is C6H14LiNO3S. The molecule has 1 rings (SSSR count). The molecule has 0 bridgehead atoms. The van der Waals surface area contributed by atoms with Crippen LogP contribution < -0.4 is 5.14 Å². The predicted molar refractivity (Wildman–Crippen MR) is 48.2 cm³/mol. The molecule has 0 saturated heterocycles. The Kier molecular flexibility index (Phi) is 5.46. The second-order valence-electron chi connectivity index (χ2n) is 2.85. The van der Waals surface area contributed by atoms with Gasteiger partial charge in [-0.25, -0.2) is 5.14 Å². The number of hydrogen-bond acceptors (Lipinski definition) is 3. The summed E-state index contributed by atoms with van der Waals surface area (Å²) < 4.78 is 25.5. The van der Waals surface area contributed by atoms with Crippen LogP contribution in [0.15, 0.2) is 0 Å². The molecule has 2 N–H and O–H groups in total. The fraction of sp³-hybridized carbons (Fsp3) is 1.00. The molecule has 0 aliphatic heterocycles. The van der Waals surface area contributed by atoms with Gasteiger partial charge >= 0.3 is 29.2 Å². The molecule has 1 fully saturated rings. The summed E-state index contributed by atoms with van der Waals surface area (Å²) in [7, 11) is -3.72. The molecular weight excluding hydrogens is 173 g/mol. The van der Waals surface area contributed by atoms with E-state index in [1.165, 1.54) is 6.42 Å². The van der Waals surface area contributed by atoms with E-state index in [1.54, 1.807) is 0 Å². The van der Waals surface area contributed by atoms with Gasteiger partial charge in [0.1, 0.15) is 0 Å². The molecule has 0 atom stereocenters. The van der Waals surface area contributed by atoms with Crippen molar-refractivity contribution in [1.29, 1.82) is 0 Å². The zero-order valence-electron chi connectivity index (χ0n) is 6.32. The number of hydrogen-bond donors (Lipinski definition) is 1. The summed E-state index contributed by atoms with van der Waals surface area (Å²) in [5, 5.41) is 4.72. The minimum atomic E-state index is -3.72. The van der Waals surface area contributed by atoms with Crippen LogP contribution in [0.5, 0.6) is 0 Å². The zero-order chi connectivity index (χ0) is 8.32. The number of rotatable bonds is 2. The van der Waals surface area contributed by atoms with Crippen molar-refractivity contribution in [2.24, 2.45) is 5.14 Å². The van der Waals surface area contributed by atoms with E-state index in [0.29, 0.717) is 0 Å². The van der Waals surface area contributed by atoms with E-state index in [0.717, 1.165) is 25.7 Å². The monoisotopic (exact) mass is 187 g/mol. The van der Waals surface area contributed by atoms with E-state index in [9.17, 15) is 8.42 Å². The van der Waals surface area contributed by atoms with Crippen molar-refractivity contribution in [3.63, 3.8) is 0 Å². The third kappa shape index (κ3) is 5.17. The minimum absolute atomic E-state index is 0. The van der Waals surface area contributed by atoms with Gasteiger partial charge in [0.05, 0.1) is 6.10 Å². The molecule has 0 unspecified atom stereocenters. The summed E-state index contributed by atoms with van der Waals surface area (Å²) in [4.78, 5) is 0. The zero-order valence-corrected chi connectivity index (χ0v) is 7.14. The van der Waals surface area contributed by atoms with Gasteiger partial charge in [-0.3, -0.25) is 4.18 Å². The fourth-order valence-corrected chi connectivity index (χ4v) is 1.92. The van der Waals surface area contributed by atoms with Crippen molar-refractivity contribution in [1.82, 2.24) is 0 Å². The fourth-order valence-electron chi connectivity index (χ4n) is 1.35. The van der Waals surface area contributed by atoms with E-state index in [2.05, 4.69) is 4.18 Å². The van der Waals surface area contributed by atoms with Crippen LogP contribution in [0.1, 0.15) is 32.1 Å². The molecule has 6 heteroatoms. The van der Waals surface area contributed by atoms with Gasteiger partial charge in [0.15, 0.2) is 0 Å². The van der Waals surface area contributed by atoms with E-state index in [1.807, 2.05) is 0 Å². The van der Waals surface area contributed by atoms with Crippen molar-refractivity contribution < 1.29 is 12.6 Å². The summed E-state index contributed by atoms with van der Waals surface area (Å²) in [6, 6.07) is 0. The van der Waals surface area contributed by atoms with Gasteiger partial charge in [0.2, 0.25) is 0 Å². The summed E-state index contributed by atoms with van der Waals surface area (Å²) in [5.41, 5.74) is 0. The number of nitrogens with two attached hydrogens (primary N) is 1. The Morgan fingerprint density at radius 2 is 1.67 bits per heavy atom. The molecule has 1 aliphatic carbocycles. The van der Waals surface area contributed by atoms with Crippen LogP contribution in [-0.4, -0.2) is 33.4 Å². The Morgan fingerprint density at radius 1 is 1.17 bits per heavy atom. The summed E-state index contributed by atoms with van der Waals surface area (Å²) in [5.74, 6) is 0. The maximum atomic E-state index is 10.5. The second kappa shape index (κ2) is 5.25. The Balaban J connectivity index is 0.00000121. The first-order valence-electron chi connectivity index (χ1n) is 3.79. The van der Waals surface area contributed by atoms with E-state index >= 15 is 0 Å². The van der Waals surface area contributed by atoms with Crippen molar-refractivity contribution in [3.8, 4) is 0 Å². The first kappa shape index (κ1) is 12.5. The molecule has 0 aromatic rings. The van der Waals surface area contributed by atoms with Crippen LogP contribution >= 0.6 is 0 Å². The van der Waals surface area contributed by atoms with Gasteiger partial charge in [0.25, 0.3) is 0 Å². The molecule has 4 nitrogen and oxygen atoms in total. The van der Waals surface area contributed by atoms with Gasteiger partial charge in [-0.2, -0.15) is 8.42 Å². The van der Waals surface area contributed by atoms with Gasteiger partial charge < -0.3 is 0 Å². The molecule has 68 valence electrons. The van der Waals surface area contributed by atoms with Crippen LogP contribution in [0.4, 0.5) is 0 Å². The predicted octanol–water partition coefficient (Wildman–Crippen LogP) is -0.109. The van der Waals surface area contributed by atoms with Crippen molar-refractivity contribution in [2.75, 3.05) is 0 Å². The van der Waals surface area contributed by atoms with Gasteiger partial charge in [-0.15, -0.1) is 0 Å². The molecule has 0 spiro atoms. The van der Waals surface area contributed by atoms with Crippen molar-refractivity contribution in [2.45, 2.75) is 38.2 Å². The van der Waals surface area contributed by atoms with Crippen LogP contribution in [-0.2, 0) is 14.5 Å². The molecule has 0 amide bonds. The molecule has 1 saturated carbocycles. The van der Waals surface area contributed by atoms with E-state index < -0.39 is 10.3 Å². The molecule has 0 aromatic heterocycles. The normalized spacial score (nSPS) is 20.1. The van der Waals surface area contributed by atoms with Gasteiger partial charge in [-0.05, 0) is 12.8 Å². The van der Waals surface area contributed by atoms with Crippen molar-refractivity contribution in [3.05, 3.63) is 0 Å². The first-order valence-corrected chi connectivity index (χ1v) is 5.26.